The lowest BCUT2D eigenvalue weighted by Crippen LogP contribution is -2.11. The number of aromatic nitrogens is 1. The molecule has 1 amide bonds. The first kappa shape index (κ1) is 11.6. The summed E-state index contributed by atoms with van der Waals surface area (Å²) in [4.78, 5) is 15.6. The SMILES string of the molecule is N#Cc1cc(C(=O)Nc2ccc(Cl)s2)ccn1. The van der Waals surface area contributed by atoms with Gasteiger partial charge in [0.2, 0.25) is 0 Å². The van der Waals surface area contributed by atoms with Gasteiger partial charge in [-0.1, -0.05) is 11.6 Å². The van der Waals surface area contributed by atoms with E-state index in [-0.39, 0.29) is 11.6 Å². The Morgan fingerprint density at radius 3 is 2.94 bits per heavy atom. The van der Waals surface area contributed by atoms with Crippen LogP contribution in [0.3, 0.4) is 0 Å². The monoisotopic (exact) mass is 263 g/mol. The normalized spacial score (nSPS) is 9.65. The number of hydrogen-bond donors (Lipinski definition) is 1. The highest BCUT2D eigenvalue weighted by atomic mass is 35.5. The highest BCUT2D eigenvalue weighted by Crippen LogP contribution is 2.26. The molecule has 0 aliphatic heterocycles. The van der Waals surface area contributed by atoms with Crippen molar-refractivity contribution in [3.8, 4) is 6.07 Å². The van der Waals surface area contributed by atoms with Gasteiger partial charge in [0.1, 0.15) is 11.8 Å². The van der Waals surface area contributed by atoms with Crippen molar-refractivity contribution in [3.05, 3.63) is 46.1 Å². The van der Waals surface area contributed by atoms with Crippen LogP contribution in [0.2, 0.25) is 4.34 Å². The molecule has 0 unspecified atom stereocenters. The number of halogens is 1. The number of nitriles is 1. The van der Waals surface area contributed by atoms with E-state index in [0.717, 1.165) is 0 Å². The Labute approximate surface area is 106 Å². The number of rotatable bonds is 2. The van der Waals surface area contributed by atoms with Crippen molar-refractivity contribution in [2.75, 3.05) is 5.32 Å². The maximum atomic E-state index is 11.8. The molecule has 2 aromatic heterocycles. The van der Waals surface area contributed by atoms with Gasteiger partial charge in [-0.3, -0.25) is 4.79 Å². The lowest BCUT2D eigenvalue weighted by atomic mass is 10.2. The highest BCUT2D eigenvalue weighted by Gasteiger charge is 2.08. The zero-order valence-corrected chi connectivity index (χ0v) is 10.0. The van der Waals surface area contributed by atoms with Crippen molar-refractivity contribution in [3.63, 3.8) is 0 Å². The molecule has 0 radical (unpaired) electrons. The molecular formula is C11H6ClN3OS. The number of thiophene rings is 1. The fourth-order valence-electron chi connectivity index (χ4n) is 1.20. The third-order valence-electron chi connectivity index (χ3n) is 1.95. The lowest BCUT2D eigenvalue weighted by Gasteiger charge is -2.01. The van der Waals surface area contributed by atoms with E-state index in [2.05, 4.69) is 10.3 Å². The molecular weight excluding hydrogens is 258 g/mol. The van der Waals surface area contributed by atoms with E-state index in [1.807, 2.05) is 6.07 Å². The molecule has 0 atom stereocenters. The number of nitrogens with zero attached hydrogens (tertiary/aromatic N) is 2. The number of carbonyl (C=O) groups excluding carboxylic acids is 1. The quantitative estimate of drug-likeness (QED) is 0.906. The first-order chi connectivity index (χ1) is 8.19. The Bertz CT molecular complexity index is 603. The van der Waals surface area contributed by atoms with E-state index in [0.29, 0.717) is 14.9 Å². The molecule has 0 saturated heterocycles. The third kappa shape index (κ3) is 2.81. The maximum absolute atomic E-state index is 11.8. The summed E-state index contributed by atoms with van der Waals surface area (Å²) in [5, 5.41) is 12.0. The van der Waals surface area contributed by atoms with Crippen LogP contribution in [0.1, 0.15) is 16.1 Å². The van der Waals surface area contributed by atoms with E-state index in [1.165, 1.54) is 23.6 Å². The van der Waals surface area contributed by atoms with E-state index >= 15 is 0 Å². The topological polar surface area (TPSA) is 65.8 Å². The molecule has 2 heterocycles. The Kier molecular flexibility index (Phi) is 3.38. The summed E-state index contributed by atoms with van der Waals surface area (Å²) in [5.41, 5.74) is 0.600. The van der Waals surface area contributed by atoms with Gasteiger partial charge < -0.3 is 5.32 Å². The molecule has 0 aromatic carbocycles. The Morgan fingerprint density at radius 2 is 2.29 bits per heavy atom. The summed E-state index contributed by atoms with van der Waals surface area (Å²) < 4.78 is 0.604. The minimum Gasteiger partial charge on any atom is -0.314 e. The van der Waals surface area contributed by atoms with Crippen molar-refractivity contribution in [1.82, 2.24) is 4.98 Å². The number of anilines is 1. The fraction of sp³-hybridized carbons (Fsp3) is 0. The molecule has 17 heavy (non-hydrogen) atoms. The van der Waals surface area contributed by atoms with E-state index < -0.39 is 0 Å². The number of carbonyl (C=O) groups is 1. The summed E-state index contributed by atoms with van der Waals surface area (Å²) in [5.74, 6) is -0.289. The first-order valence-electron chi connectivity index (χ1n) is 4.62. The van der Waals surface area contributed by atoms with E-state index in [1.54, 1.807) is 18.2 Å². The van der Waals surface area contributed by atoms with Crippen molar-refractivity contribution in [2.45, 2.75) is 0 Å². The predicted octanol–water partition coefficient (Wildman–Crippen LogP) is 2.92. The molecule has 4 nitrogen and oxygen atoms in total. The highest BCUT2D eigenvalue weighted by molar-refractivity contribution is 7.20. The largest absolute Gasteiger partial charge is 0.314 e. The summed E-state index contributed by atoms with van der Waals surface area (Å²) in [6.07, 6.45) is 1.43. The van der Waals surface area contributed by atoms with Crippen molar-refractivity contribution < 1.29 is 4.79 Å². The van der Waals surface area contributed by atoms with E-state index in [9.17, 15) is 4.79 Å². The summed E-state index contributed by atoms with van der Waals surface area (Å²) in [7, 11) is 0. The minimum absolute atomic E-state index is 0.210. The molecule has 0 aliphatic carbocycles. The Morgan fingerprint density at radius 1 is 1.47 bits per heavy atom. The molecule has 1 N–H and O–H groups in total. The Hall–Kier alpha value is -1.90. The smallest absolute Gasteiger partial charge is 0.256 e. The van der Waals surface area contributed by atoms with Gasteiger partial charge in [0, 0.05) is 11.8 Å². The van der Waals surface area contributed by atoms with Gasteiger partial charge in [-0.2, -0.15) is 5.26 Å². The van der Waals surface area contributed by atoms with Crippen LogP contribution in [-0.4, -0.2) is 10.9 Å². The van der Waals surface area contributed by atoms with Crippen LogP contribution in [0.5, 0.6) is 0 Å². The van der Waals surface area contributed by atoms with Gasteiger partial charge >= 0.3 is 0 Å². The van der Waals surface area contributed by atoms with Crippen LogP contribution in [-0.2, 0) is 0 Å². The predicted molar refractivity (Wildman–Crippen MR) is 66.2 cm³/mol. The number of nitrogens with one attached hydrogen (secondary N) is 1. The van der Waals surface area contributed by atoms with Crippen molar-refractivity contribution in [1.29, 1.82) is 5.26 Å². The molecule has 2 aromatic rings. The summed E-state index contributed by atoms with van der Waals surface area (Å²) >= 11 is 7.03. The van der Waals surface area contributed by atoms with Crippen LogP contribution < -0.4 is 5.32 Å². The molecule has 0 spiro atoms. The minimum atomic E-state index is -0.289. The van der Waals surface area contributed by atoms with Gasteiger partial charge in [0.15, 0.2) is 0 Å². The van der Waals surface area contributed by atoms with Crippen molar-refractivity contribution in [2.24, 2.45) is 0 Å². The number of amides is 1. The van der Waals surface area contributed by atoms with Gasteiger partial charge in [0.05, 0.1) is 9.34 Å². The van der Waals surface area contributed by atoms with Crippen LogP contribution in [0.15, 0.2) is 30.5 Å². The average Bonchev–Trinajstić information content (AvgIpc) is 2.75. The zero-order valence-electron chi connectivity index (χ0n) is 8.48. The van der Waals surface area contributed by atoms with E-state index in [4.69, 9.17) is 16.9 Å². The molecule has 0 bridgehead atoms. The van der Waals surface area contributed by atoms with Crippen LogP contribution >= 0.6 is 22.9 Å². The second kappa shape index (κ2) is 4.95. The first-order valence-corrected chi connectivity index (χ1v) is 5.81. The van der Waals surface area contributed by atoms with Crippen LogP contribution in [0.4, 0.5) is 5.00 Å². The van der Waals surface area contributed by atoms with Crippen LogP contribution in [0, 0.1) is 11.3 Å². The van der Waals surface area contributed by atoms with Crippen LogP contribution in [0.25, 0.3) is 0 Å². The molecule has 0 fully saturated rings. The molecule has 84 valence electrons. The lowest BCUT2D eigenvalue weighted by molar-refractivity contribution is 0.102. The van der Waals surface area contributed by atoms with Crippen molar-refractivity contribution >= 4 is 33.8 Å². The third-order valence-corrected chi connectivity index (χ3v) is 3.09. The standard InChI is InChI=1S/C11H6ClN3OS/c12-9-1-2-10(17-9)15-11(16)7-3-4-14-8(5-7)6-13/h1-5H,(H,15,16). The summed E-state index contributed by atoms with van der Waals surface area (Å²) in [6, 6.07) is 8.29. The van der Waals surface area contributed by atoms with Gasteiger partial charge in [0.25, 0.3) is 5.91 Å². The molecule has 6 heteroatoms. The molecule has 0 saturated carbocycles. The zero-order chi connectivity index (χ0) is 12.3. The number of hydrogen-bond acceptors (Lipinski definition) is 4. The fourth-order valence-corrected chi connectivity index (χ4v) is 2.14. The molecule has 0 aliphatic rings. The molecule has 2 rings (SSSR count). The van der Waals surface area contributed by atoms with Gasteiger partial charge in [-0.15, -0.1) is 11.3 Å². The average molecular weight is 264 g/mol. The second-order valence-corrected chi connectivity index (χ2v) is 4.81. The summed E-state index contributed by atoms with van der Waals surface area (Å²) in [6.45, 7) is 0. The van der Waals surface area contributed by atoms with Gasteiger partial charge in [-0.25, -0.2) is 4.98 Å². The van der Waals surface area contributed by atoms with Gasteiger partial charge in [-0.05, 0) is 24.3 Å². The number of pyridine rings is 1. The second-order valence-electron chi connectivity index (χ2n) is 3.10. The maximum Gasteiger partial charge on any atom is 0.256 e. The Balaban J connectivity index is 2.17.